The normalized spacial score (nSPS) is 15.2. The van der Waals surface area contributed by atoms with Gasteiger partial charge in [0, 0.05) is 35.1 Å². The number of aromatic nitrogens is 2. The summed E-state index contributed by atoms with van der Waals surface area (Å²) in [5.41, 5.74) is 0.159. The maximum absolute atomic E-state index is 14.1. The first-order chi connectivity index (χ1) is 22.0. The Hall–Kier alpha value is -4.86. The SMILES string of the molecule is Cc1ccc(C(F)(F)F)c(-c2ccc(C)c3cccnc23)n1.O=C(O)CNC(=O)c1c(F)cc(N2CCOCC2C(F)(F)F)cc1F. The average molecular weight is 671 g/mol. The third kappa shape index (κ3) is 8.11. The lowest BCUT2D eigenvalue weighted by Gasteiger charge is -2.38. The average Bonchev–Trinajstić information content (AvgIpc) is 2.99. The summed E-state index contributed by atoms with van der Waals surface area (Å²) < 4.78 is 112. The number of morpholine rings is 1. The van der Waals surface area contributed by atoms with Gasteiger partial charge in [-0.3, -0.25) is 19.6 Å². The van der Waals surface area contributed by atoms with Gasteiger partial charge < -0.3 is 20.1 Å². The van der Waals surface area contributed by atoms with Crippen LogP contribution in [0.2, 0.25) is 0 Å². The summed E-state index contributed by atoms with van der Waals surface area (Å²) in [6.45, 7) is 1.73. The summed E-state index contributed by atoms with van der Waals surface area (Å²) in [5.74, 6) is -5.54. The largest absolute Gasteiger partial charge is 0.480 e. The smallest absolute Gasteiger partial charge is 0.418 e. The molecule has 1 aliphatic rings. The van der Waals surface area contributed by atoms with Crippen molar-refractivity contribution in [3.63, 3.8) is 0 Å². The quantitative estimate of drug-likeness (QED) is 0.235. The van der Waals surface area contributed by atoms with Gasteiger partial charge in [0.15, 0.2) is 0 Å². The molecule has 2 aromatic carbocycles. The van der Waals surface area contributed by atoms with Crippen LogP contribution in [0, 0.1) is 25.5 Å². The number of halogens is 8. The van der Waals surface area contributed by atoms with E-state index in [1.807, 2.05) is 13.0 Å². The first kappa shape index (κ1) is 35.0. The van der Waals surface area contributed by atoms with E-state index in [1.54, 1.807) is 36.6 Å². The Kier molecular flexibility index (Phi) is 10.3. The second-order valence-electron chi connectivity index (χ2n) is 10.4. The van der Waals surface area contributed by atoms with Crippen molar-refractivity contribution in [3.8, 4) is 11.3 Å². The van der Waals surface area contributed by atoms with Gasteiger partial charge in [0.25, 0.3) is 5.91 Å². The van der Waals surface area contributed by atoms with E-state index in [0.717, 1.165) is 21.9 Å². The number of benzene rings is 2. The molecular formula is C31H26F8N4O4. The Morgan fingerprint density at radius 3 is 2.32 bits per heavy atom. The van der Waals surface area contributed by atoms with Crippen LogP contribution in [0.15, 0.2) is 54.7 Å². The van der Waals surface area contributed by atoms with Gasteiger partial charge in [0.2, 0.25) is 0 Å². The van der Waals surface area contributed by atoms with Crippen LogP contribution < -0.4 is 10.2 Å². The molecule has 1 atom stereocenters. The molecule has 250 valence electrons. The molecule has 8 nitrogen and oxygen atoms in total. The molecule has 1 amide bonds. The maximum Gasteiger partial charge on any atom is 0.418 e. The van der Waals surface area contributed by atoms with Crippen molar-refractivity contribution >= 4 is 28.5 Å². The molecule has 1 aliphatic heterocycles. The highest BCUT2D eigenvalue weighted by Crippen LogP contribution is 2.38. The number of pyridine rings is 2. The summed E-state index contributed by atoms with van der Waals surface area (Å²) in [6.07, 6.45) is -7.55. The van der Waals surface area contributed by atoms with E-state index in [1.165, 1.54) is 6.07 Å². The van der Waals surface area contributed by atoms with Gasteiger partial charge in [-0.25, -0.2) is 8.78 Å². The van der Waals surface area contributed by atoms with E-state index >= 15 is 0 Å². The van der Waals surface area contributed by atoms with Crippen molar-refractivity contribution in [3.05, 3.63) is 88.7 Å². The van der Waals surface area contributed by atoms with Gasteiger partial charge in [0.05, 0.1) is 30.0 Å². The number of carbonyl (C=O) groups is 2. The van der Waals surface area contributed by atoms with Gasteiger partial charge in [-0.05, 0) is 49.7 Å². The van der Waals surface area contributed by atoms with Crippen molar-refractivity contribution in [2.75, 3.05) is 31.2 Å². The van der Waals surface area contributed by atoms with Crippen LogP contribution in [0.1, 0.15) is 27.2 Å². The van der Waals surface area contributed by atoms with Gasteiger partial charge in [-0.2, -0.15) is 26.3 Å². The Balaban J connectivity index is 0.000000214. The molecule has 0 saturated carbocycles. The predicted molar refractivity (Wildman–Crippen MR) is 154 cm³/mol. The number of nitrogens with one attached hydrogen (secondary N) is 1. The maximum atomic E-state index is 14.1. The molecule has 0 radical (unpaired) electrons. The Bertz CT molecular complexity index is 1770. The fourth-order valence-corrected chi connectivity index (χ4v) is 4.87. The number of carboxylic acids is 1. The minimum Gasteiger partial charge on any atom is -0.480 e. The van der Waals surface area contributed by atoms with Crippen LogP contribution in [0.3, 0.4) is 0 Å². The first-order valence-corrected chi connectivity index (χ1v) is 13.8. The standard InChI is InChI=1S/C17H13F3N2.C14H13F5N2O4/c1-10-5-7-13(15-12(10)4-3-9-21-15)16-14(17(18,19)20)8-6-11(2)22-16;15-8-3-7(21-1-2-25-6-10(21)14(17,18)19)4-9(16)12(8)13(24)20-5-11(22)23/h3-9H,1-2H3;3-4,10H,1-2,5-6H2,(H,20,24)(H,22,23). The zero-order valence-corrected chi connectivity index (χ0v) is 24.6. The lowest BCUT2D eigenvalue weighted by atomic mass is 9.99. The molecule has 5 rings (SSSR count). The van der Waals surface area contributed by atoms with Gasteiger partial charge in [-0.1, -0.05) is 18.2 Å². The van der Waals surface area contributed by atoms with Crippen molar-refractivity contribution in [2.45, 2.75) is 32.2 Å². The predicted octanol–water partition coefficient (Wildman–Crippen LogP) is 6.48. The first-order valence-electron chi connectivity index (χ1n) is 13.8. The number of fused-ring (bicyclic) bond motifs is 1. The fraction of sp³-hybridized carbons (Fsp3) is 0.290. The molecule has 4 aromatic rings. The lowest BCUT2D eigenvalue weighted by Crippen LogP contribution is -2.53. The number of ether oxygens (including phenoxy) is 1. The number of nitrogens with zero attached hydrogens (tertiary/aromatic N) is 3. The Morgan fingerprint density at radius 2 is 1.70 bits per heavy atom. The minimum atomic E-state index is -4.68. The van der Waals surface area contributed by atoms with Crippen molar-refractivity contribution in [1.29, 1.82) is 0 Å². The highest BCUT2D eigenvalue weighted by atomic mass is 19.4. The molecule has 2 N–H and O–H groups in total. The van der Waals surface area contributed by atoms with E-state index in [0.29, 0.717) is 28.9 Å². The zero-order valence-electron chi connectivity index (χ0n) is 24.6. The second-order valence-corrected chi connectivity index (χ2v) is 10.4. The Morgan fingerprint density at radius 1 is 1.02 bits per heavy atom. The molecule has 2 aromatic heterocycles. The van der Waals surface area contributed by atoms with E-state index < -0.39 is 71.9 Å². The molecular weight excluding hydrogens is 644 g/mol. The number of carbonyl (C=O) groups excluding carboxylic acids is 1. The number of hydrogen-bond acceptors (Lipinski definition) is 6. The highest BCUT2D eigenvalue weighted by Gasteiger charge is 2.46. The van der Waals surface area contributed by atoms with Crippen LogP contribution in [0.4, 0.5) is 40.8 Å². The zero-order chi connectivity index (χ0) is 34.7. The van der Waals surface area contributed by atoms with Gasteiger partial charge >= 0.3 is 18.3 Å². The summed E-state index contributed by atoms with van der Waals surface area (Å²) in [6, 6.07) is 8.64. The third-order valence-corrected chi connectivity index (χ3v) is 7.07. The molecule has 1 saturated heterocycles. The molecule has 16 heteroatoms. The second kappa shape index (κ2) is 13.9. The monoisotopic (exact) mass is 670 g/mol. The number of anilines is 1. The molecule has 0 aliphatic carbocycles. The van der Waals surface area contributed by atoms with Crippen LogP contribution >= 0.6 is 0 Å². The number of amides is 1. The Labute approximate surface area is 262 Å². The number of alkyl halides is 6. The van der Waals surface area contributed by atoms with Crippen LogP contribution in [-0.2, 0) is 15.7 Å². The summed E-state index contributed by atoms with van der Waals surface area (Å²) in [4.78, 5) is 31.1. The molecule has 0 spiro atoms. The lowest BCUT2D eigenvalue weighted by molar-refractivity contribution is -0.167. The van der Waals surface area contributed by atoms with Gasteiger partial charge in [-0.15, -0.1) is 0 Å². The number of hydrogen-bond donors (Lipinski definition) is 2. The van der Waals surface area contributed by atoms with Crippen molar-refractivity contribution in [1.82, 2.24) is 15.3 Å². The molecule has 3 heterocycles. The van der Waals surface area contributed by atoms with E-state index in [-0.39, 0.29) is 18.8 Å². The highest BCUT2D eigenvalue weighted by molar-refractivity contribution is 5.97. The molecule has 1 fully saturated rings. The van der Waals surface area contributed by atoms with E-state index in [2.05, 4.69) is 9.97 Å². The minimum absolute atomic E-state index is 0.0589. The number of aliphatic carboxylic acids is 1. The van der Waals surface area contributed by atoms with Crippen molar-refractivity contribution in [2.24, 2.45) is 0 Å². The summed E-state index contributed by atoms with van der Waals surface area (Å²) in [7, 11) is 0. The topological polar surface area (TPSA) is 105 Å². The number of rotatable bonds is 5. The third-order valence-electron chi connectivity index (χ3n) is 7.07. The van der Waals surface area contributed by atoms with Crippen LogP contribution in [0.25, 0.3) is 22.2 Å². The van der Waals surface area contributed by atoms with Gasteiger partial charge in [0.1, 0.15) is 29.8 Å². The van der Waals surface area contributed by atoms with Crippen LogP contribution in [0.5, 0.6) is 0 Å². The van der Waals surface area contributed by atoms with E-state index in [4.69, 9.17) is 9.84 Å². The molecule has 1 unspecified atom stereocenters. The number of carboxylic acid groups (broad SMARTS) is 1. The number of aryl methyl sites for hydroxylation is 2. The molecule has 47 heavy (non-hydrogen) atoms. The molecule has 0 bridgehead atoms. The van der Waals surface area contributed by atoms with Crippen LogP contribution in [-0.4, -0.2) is 65.5 Å². The summed E-state index contributed by atoms with van der Waals surface area (Å²) >= 11 is 0. The van der Waals surface area contributed by atoms with E-state index in [9.17, 15) is 44.7 Å². The van der Waals surface area contributed by atoms with Crippen molar-refractivity contribution < 1.29 is 54.6 Å². The summed E-state index contributed by atoms with van der Waals surface area (Å²) in [5, 5.41) is 11.1. The fourth-order valence-electron chi connectivity index (χ4n) is 4.87.